The van der Waals surface area contributed by atoms with Gasteiger partial charge in [0.1, 0.15) is 0 Å². The maximum atomic E-state index is 5.09. The molecule has 92 valence electrons. The molecule has 0 aromatic rings. The lowest BCUT2D eigenvalue weighted by Gasteiger charge is -2.19. The molecular weight excluding hydrogens is 206 g/mol. The molecule has 1 N–H and O–H groups in total. The van der Waals surface area contributed by atoms with Crippen LogP contribution in [-0.2, 0) is 4.74 Å². The van der Waals surface area contributed by atoms with Gasteiger partial charge in [-0.1, -0.05) is 20.8 Å². The molecule has 3 heteroatoms. The highest BCUT2D eigenvalue weighted by atomic mass is 32.2. The second-order valence-electron chi connectivity index (χ2n) is 4.17. The first-order valence-corrected chi connectivity index (χ1v) is 7.09. The minimum absolute atomic E-state index is 0.660. The van der Waals surface area contributed by atoms with Crippen LogP contribution in [0.25, 0.3) is 0 Å². The molecule has 2 nitrogen and oxygen atoms in total. The number of thioether (sulfide) groups is 1. The summed E-state index contributed by atoms with van der Waals surface area (Å²) in [5, 5.41) is 4.34. The van der Waals surface area contributed by atoms with Gasteiger partial charge < -0.3 is 10.1 Å². The summed E-state index contributed by atoms with van der Waals surface area (Å²) < 4.78 is 5.09. The molecule has 0 heterocycles. The van der Waals surface area contributed by atoms with Gasteiger partial charge in [0.05, 0.1) is 0 Å². The molecule has 0 aromatic carbocycles. The standard InChI is InChI=1S/C12H27NOS/c1-5-8-13-12(7-6-9-14-4)10-15-11(2)3/h11-13H,5-10H2,1-4H3. The Morgan fingerprint density at radius 3 is 2.60 bits per heavy atom. The first-order valence-electron chi connectivity index (χ1n) is 6.04. The van der Waals surface area contributed by atoms with Gasteiger partial charge >= 0.3 is 0 Å². The van der Waals surface area contributed by atoms with E-state index in [0.29, 0.717) is 6.04 Å². The number of methoxy groups -OCH3 is 1. The molecule has 0 spiro atoms. The Kier molecular flexibility index (Phi) is 11.0. The van der Waals surface area contributed by atoms with Crippen LogP contribution in [0.3, 0.4) is 0 Å². The summed E-state index contributed by atoms with van der Waals surface area (Å²) in [6.45, 7) is 8.76. The number of rotatable bonds is 10. The van der Waals surface area contributed by atoms with E-state index in [9.17, 15) is 0 Å². The van der Waals surface area contributed by atoms with Crippen molar-refractivity contribution in [3.63, 3.8) is 0 Å². The molecule has 0 saturated heterocycles. The zero-order valence-electron chi connectivity index (χ0n) is 10.7. The van der Waals surface area contributed by atoms with Crippen molar-refractivity contribution < 1.29 is 4.74 Å². The van der Waals surface area contributed by atoms with Gasteiger partial charge in [0, 0.05) is 25.5 Å². The fraction of sp³-hybridized carbons (Fsp3) is 1.00. The van der Waals surface area contributed by atoms with Crippen molar-refractivity contribution in [1.29, 1.82) is 0 Å². The van der Waals surface area contributed by atoms with Gasteiger partial charge in [-0.3, -0.25) is 0 Å². The summed E-state index contributed by atoms with van der Waals surface area (Å²) in [7, 11) is 1.78. The van der Waals surface area contributed by atoms with Gasteiger partial charge in [-0.2, -0.15) is 11.8 Å². The highest BCUT2D eigenvalue weighted by Gasteiger charge is 2.08. The van der Waals surface area contributed by atoms with E-state index in [4.69, 9.17) is 4.74 Å². The van der Waals surface area contributed by atoms with E-state index >= 15 is 0 Å². The lowest BCUT2D eigenvalue weighted by atomic mass is 10.2. The van der Waals surface area contributed by atoms with Crippen LogP contribution in [0.2, 0.25) is 0 Å². The molecule has 15 heavy (non-hydrogen) atoms. The quantitative estimate of drug-likeness (QED) is 0.586. The van der Waals surface area contributed by atoms with Gasteiger partial charge in [-0.15, -0.1) is 0 Å². The molecule has 1 unspecified atom stereocenters. The van der Waals surface area contributed by atoms with Crippen LogP contribution in [0.15, 0.2) is 0 Å². The zero-order valence-corrected chi connectivity index (χ0v) is 11.5. The second kappa shape index (κ2) is 10.8. The lowest BCUT2D eigenvalue weighted by molar-refractivity contribution is 0.189. The highest BCUT2D eigenvalue weighted by Crippen LogP contribution is 2.13. The van der Waals surface area contributed by atoms with E-state index in [1.807, 2.05) is 11.8 Å². The summed E-state index contributed by atoms with van der Waals surface area (Å²) >= 11 is 2.04. The average molecular weight is 233 g/mol. The molecular formula is C12H27NOS. The molecule has 0 saturated carbocycles. The van der Waals surface area contributed by atoms with Crippen LogP contribution in [0.1, 0.15) is 40.0 Å². The van der Waals surface area contributed by atoms with Crippen molar-refractivity contribution >= 4 is 11.8 Å². The average Bonchev–Trinajstić information content (AvgIpc) is 2.21. The van der Waals surface area contributed by atoms with Crippen LogP contribution in [0.5, 0.6) is 0 Å². The van der Waals surface area contributed by atoms with E-state index in [2.05, 4.69) is 26.1 Å². The summed E-state index contributed by atoms with van der Waals surface area (Å²) in [6.07, 6.45) is 3.61. The van der Waals surface area contributed by atoms with Crippen molar-refractivity contribution in [1.82, 2.24) is 5.32 Å². The Bertz CT molecular complexity index is 131. The number of hydrogen-bond acceptors (Lipinski definition) is 3. The summed E-state index contributed by atoms with van der Waals surface area (Å²) in [6, 6.07) is 0.660. The first-order chi connectivity index (χ1) is 7.20. The SMILES string of the molecule is CCCNC(CCCOC)CSC(C)C. The molecule has 0 bridgehead atoms. The molecule has 0 aliphatic rings. The van der Waals surface area contributed by atoms with Crippen LogP contribution in [0, 0.1) is 0 Å². The third-order valence-electron chi connectivity index (χ3n) is 2.21. The van der Waals surface area contributed by atoms with E-state index in [1.54, 1.807) is 7.11 Å². The molecule has 1 atom stereocenters. The van der Waals surface area contributed by atoms with Crippen molar-refractivity contribution in [2.45, 2.75) is 51.3 Å². The van der Waals surface area contributed by atoms with Crippen molar-refractivity contribution in [2.24, 2.45) is 0 Å². The third kappa shape index (κ3) is 10.6. The molecule has 0 amide bonds. The van der Waals surface area contributed by atoms with Crippen molar-refractivity contribution in [2.75, 3.05) is 26.0 Å². The Hall–Kier alpha value is 0.270. The molecule has 0 radical (unpaired) electrons. The van der Waals surface area contributed by atoms with Gasteiger partial charge in [-0.25, -0.2) is 0 Å². The van der Waals surface area contributed by atoms with E-state index in [0.717, 1.165) is 24.8 Å². The van der Waals surface area contributed by atoms with Gasteiger partial charge in [0.2, 0.25) is 0 Å². The molecule has 0 fully saturated rings. The third-order valence-corrected chi connectivity index (χ3v) is 3.48. The predicted octanol–water partition coefficient (Wildman–Crippen LogP) is 2.92. The Balaban J connectivity index is 3.63. The van der Waals surface area contributed by atoms with E-state index < -0.39 is 0 Å². The highest BCUT2D eigenvalue weighted by molar-refractivity contribution is 7.99. The Morgan fingerprint density at radius 1 is 1.33 bits per heavy atom. The van der Waals surface area contributed by atoms with Crippen molar-refractivity contribution in [3.05, 3.63) is 0 Å². The molecule has 0 rings (SSSR count). The monoisotopic (exact) mass is 233 g/mol. The second-order valence-corrected chi connectivity index (χ2v) is 5.78. The Labute approximate surface area is 99.5 Å². The molecule has 0 aliphatic carbocycles. The fourth-order valence-corrected chi connectivity index (χ4v) is 2.28. The van der Waals surface area contributed by atoms with E-state index in [1.165, 1.54) is 18.6 Å². The van der Waals surface area contributed by atoms with Crippen LogP contribution < -0.4 is 5.32 Å². The summed E-state index contributed by atoms with van der Waals surface area (Å²) in [5.41, 5.74) is 0. The molecule has 0 aromatic heterocycles. The number of nitrogens with one attached hydrogen (secondary N) is 1. The summed E-state index contributed by atoms with van der Waals surface area (Å²) in [5.74, 6) is 1.22. The van der Waals surface area contributed by atoms with Crippen LogP contribution >= 0.6 is 11.8 Å². The van der Waals surface area contributed by atoms with Crippen LogP contribution in [-0.4, -0.2) is 37.3 Å². The maximum Gasteiger partial charge on any atom is 0.0462 e. The number of ether oxygens (including phenoxy) is 1. The zero-order chi connectivity index (χ0) is 11.5. The van der Waals surface area contributed by atoms with Crippen LogP contribution in [0.4, 0.5) is 0 Å². The number of hydrogen-bond donors (Lipinski definition) is 1. The fourth-order valence-electron chi connectivity index (χ4n) is 1.38. The van der Waals surface area contributed by atoms with Gasteiger partial charge in [0.15, 0.2) is 0 Å². The first kappa shape index (κ1) is 15.3. The Morgan fingerprint density at radius 2 is 2.07 bits per heavy atom. The molecule has 0 aliphatic heterocycles. The minimum Gasteiger partial charge on any atom is -0.385 e. The summed E-state index contributed by atoms with van der Waals surface area (Å²) in [4.78, 5) is 0. The van der Waals surface area contributed by atoms with Gasteiger partial charge in [-0.05, 0) is 31.1 Å². The largest absolute Gasteiger partial charge is 0.385 e. The maximum absolute atomic E-state index is 5.09. The van der Waals surface area contributed by atoms with Crippen molar-refractivity contribution in [3.8, 4) is 0 Å². The van der Waals surface area contributed by atoms with E-state index in [-0.39, 0.29) is 0 Å². The topological polar surface area (TPSA) is 21.3 Å². The minimum atomic E-state index is 0.660. The lowest BCUT2D eigenvalue weighted by Crippen LogP contribution is -2.32. The smallest absolute Gasteiger partial charge is 0.0462 e. The van der Waals surface area contributed by atoms with Gasteiger partial charge in [0.25, 0.3) is 0 Å². The normalized spacial score (nSPS) is 13.4. The predicted molar refractivity (Wildman–Crippen MR) is 70.8 cm³/mol.